The van der Waals surface area contributed by atoms with Gasteiger partial charge in [-0.3, -0.25) is 4.79 Å². The molecule has 0 atom stereocenters. The van der Waals surface area contributed by atoms with Crippen LogP contribution in [0.15, 0.2) is 42.6 Å². The molecule has 4 aromatic rings. The predicted octanol–water partition coefficient (Wildman–Crippen LogP) is 3.25. The number of ether oxygens (including phenoxy) is 2. The van der Waals surface area contributed by atoms with Crippen molar-refractivity contribution in [1.82, 2.24) is 24.8 Å². The predicted molar refractivity (Wildman–Crippen MR) is 115 cm³/mol. The highest BCUT2D eigenvalue weighted by Gasteiger charge is 2.18. The molecule has 0 spiro atoms. The van der Waals surface area contributed by atoms with Crippen molar-refractivity contribution >= 4 is 16.9 Å². The highest BCUT2D eigenvalue weighted by atomic mass is 19.1. The van der Waals surface area contributed by atoms with Crippen molar-refractivity contribution in [3.63, 3.8) is 0 Å². The van der Waals surface area contributed by atoms with Crippen LogP contribution in [0.5, 0.6) is 5.75 Å². The van der Waals surface area contributed by atoms with Crippen molar-refractivity contribution in [3.05, 3.63) is 54.0 Å². The van der Waals surface area contributed by atoms with E-state index in [2.05, 4.69) is 15.3 Å². The van der Waals surface area contributed by atoms with Crippen molar-refractivity contribution in [2.24, 2.45) is 0 Å². The third-order valence-electron chi connectivity index (χ3n) is 5.00. The van der Waals surface area contributed by atoms with E-state index in [1.165, 1.54) is 13.2 Å². The van der Waals surface area contributed by atoms with Crippen LogP contribution in [0.25, 0.3) is 33.9 Å². The summed E-state index contributed by atoms with van der Waals surface area (Å²) in [7, 11) is 4.73. The summed E-state index contributed by atoms with van der Waals surface area (Å²) in [4.78, 5) is 24.2. The van der Waals surface area contributed by atoms with E-state index < -0.39 is 5.82 Å². The Morgan fingerprint density at radius 1 is 1.23 bits per heavy atom. The van der Waals surface area contributed by atoms with Gasteiger partial charge in [-0.05, 0) is 36.4 Å². The number of imidazole rings is 2. The molecule has 2 aromatic carbocycles. The number of aromatic amines is 1. The molecule has 0 aliphatic carbocycles. The smallest absolute Gasteiger partial charge is 0.251 e. The van der Waals surface area contributed by atoms with E-state index in [0.717, 1.165) is 5.52 Å². The van der Waals surface area contributed by atoms with Gasteiger partial charge >= 0.3 is 0 Å². The fourth-order valence-electron chi connectivity index (χ4n) is 3.41. The molecule has 0 saturated carbocycles. The number of carbonyl (C=O) groups excluding carboxylic acids is 1. The first-order valence-electron chi connectivity index (χ1n) is 9.66. The highest BCUT2D eigenvalue weighted by Crippen LogP contribution is 2.29. The second kappa shape index (κ2) is 8.57. The maximum Gasteiger partial charge on any atom is 0.251 e. The van der Waals surface area contributed by atoms with Crippen LogP contribution in [-0.4, -0.2) is 53.3 Å². The second-order valence-electron chi connectivity index (χ2n) is 6.85. The lowest BCUT2D eigenvalue weighted by atomic mass is 10.2. The van der Waals surface area contributed by atoms with Gasteiger partial charge in [0.1, 0.15) is 23.1 Å². The van der Waals surface area contributed by atoms with Crippen LogP contribution in [0.4, 0.5) is 4.39 Å². The Kier molecular flexibility index (Phi) is 5.68. The quantitative estimate of drug-likeness (QED) is 0.476. The first-order chi connectivity index (χ1) is 15.0. The summed E-state index contributed by atoms with van der Waals surface area (Å²) in [6, 6.07) is 9.81. The Morgan fingerprint density at radius 3 is 2.81 bits per heavy atom. The second-order valence-corrected chi connectivity index (χ2v) is 6.85. The lowest BCUT2D eigenvalue weighted by Crippen LogP contribution is -2.17. The molecule has 8 nitrogen and oxygen atoms in total. The molecule has 2 aromatic heterocycles. The molecule has 4 rings (SSSR count). The minimum Gasteiger partial charge on any atom is -0.497 e. The number of nitrogens with zero attached hydrogens (tertiary/aromatic N) is 3. The molecule has 0 aliphatic heterocycles. The van der Waals surface area contributed by atoms with Crippen LogP contribution < -0.4 is 10.1 Å². The van der Waals surface area contributed by atoms with Gasteiger partial charge in [0.05, 0.1) is 36.5 Å². The number of fused-ring (bicyclic) bond motifs is 1. The van der Waals surface area contributed by atoms with Crippen LogP contribution in [-0.2, 0) is 11.3 Å². The topological polar surface area (TPSA) is 94.1 Å². The van der Waals surface area contributed by atoms with E-state index in [1.54, 1.807) is 44.6 Å². The zero-order valence-electron chi connectivity index (χ0n) is 17.4. The summed E-state index contributed by atoms with van der Waals surface area (Å²) < 4.78 is 26.8. The molecule has 0 aliphatic rings. The molecule has 0 saturated heterocycles. The normalized spacial score (nSPS) is 11.1. The first-order valence-corrected chi connectivity index (χ1v) is 9.66. The fourth-order valence-corrected chi connectivity index (χ4v) is 3.41. The van der Waals surface area contributed by atoms with Gasteiger partial charge in [-0.2, -0.15) is 0 Å². The molecule has 2 heterocycles. The van der Waals surface area contributed by atoms with Gasteiger partial charge in [0.2, 0.25) is 0 Å². The van der Waals surface area contributed by atoms with Gasteiger partial charge in [0, 0.05) is 26.3 Å². The van der Waals surface area contributed by atoms with Crippen LogP contribution in [0.1, 0.15) is 10.4 Å². The van der Waals surface area contributed by atoms with Gasteiger partial charge in [0.15, 0.2) is 5.82 Å². The molecular weight excluding hydrogens is 401 g/mol. The van der Waals surface area contributed by atoms with Crippen LogP contribution in [0.2, 0.25) is 0 Å². The van der Waals surface area contributed by atoms with Crippen molar-refractivity contribution in [1.29, 1.82) is 0 Å². The number of hydrogen-bond donors (Lipinski definition) is 2. The van der Waals surface area contributed by atoms with Crippen molar-refractivity contribution in [3.8, 4) is 28.7 Å². The largest absolute Gasteiger partial charge is 0.497 e. The summed E-state index contributed by atoms with van der Waals surface area (Å²) in [6.45, 7) is 1.02. The average molecular weight is 423 g/mol. The Balaban J connectivity index is 1.81. The van der Waals surface area contributed by atoms with E-state index in [0.29, 0.717) is 52.9 Å². The molecular formula is C22H22FN5O3. The molecule has 1 amide bonds. The summed E-state index contributed by atoms with van der Waals surface area (Å²) in [6.07, 6.45) is 1.61. The minimum atomic E-state index is -0.412. The van der Waals surface area contributed by atoms with E-state index in [1.807, 2.05) is 10.6 Å². The average Bonchev–Trinajstić information content (AvgIpc) is 3.41. The maximum atomic E-state index is 14.4. The van der Waals surface area contributed by atoms with Gasteiger partial charge in [-0.1, -0.05) is 0 Å². The van der Waals surface area contributed by atoms with Gasteiger partial charge < -0.3 is 24.3 Å². The van der Waals surface area contributed by atoms with E-state index in [-0.39, 0.29) is 5.91 Å². The Morgan fingerprint density at radius 2 is 2.06 bits per heavy atom. The van der Waals surface area contributed by atoms with Crippen LogP contribution in [0, 0.1) is 5.82 Å². The number of amides is 1. The molecule has 31 heavy (non-hydrogen) atoms. The van der Waals surface area contributed by atoms with Crippen LogP contribution in [0.3, 0.4) is 0 Å². The Hall–Kier alpha value is -3.72. The molecule has 0 unspecified atom stereocenters. The van der Waals surface area contributed by atoms with E-state index >= 15 is 0 Å². The zero-order valence-corrected chi connectivity index (χ0v) is 17.4. The minimum absolute atomic E-state index is 0.188. The van der Waals surface area contributed by atoms with Gasteiger partial charge in [-0.15, -0.1) is 0 Å². The number of H-pyrrole nitrogens is 1. The summed E-state index contributed by atoms with van der Waals surface area (Å²) in [5.74, 6) is 0.909. The van der Waals surface area contributed by atoms with Gasteiger partial charge in [0.25, 0.3) is 5.91 Å². The van der Waals surface area contributed by atoms with Crippen molar-refractivity contribution in [2.45, 2.75) is 6.54 Å². The number of benzene rings is 2. The zero-order chi connectivity index (χ0) is 22.0. The van der Waals surface area contributed by atoms with E-state index in [4.69, 9.17) is 14.5 Å². The SMILES string of the molecule is CNC(=O)c1ccc2c(c1)nc(-c1cnc(-c3cc(OC)ccc3F)[nH]1)n2CCOC. The number of carbonyl (C=O) groups is 1. The molecule has 9 heteroatoms. The number of nitrogens with one attached hydrogen (secondary N) is 2. The lowest BCUT2D eigenvalue weighted by Gasteiger charge is -2.08. The lowest BCUT2D eigenvalue weighted by molar-refractivity contribution is 0.0963. The number of rotatable bonds is 7. The summed E-state index contributed by atoms with van der Waals surface area (Å²) in [5, 5.41) is 2.61. The summed E-state index contributed by atoms with van der Waals surface area (Å²) in [5.41, 5.74) is 2.94. The third-order valence-corrected chi connectivity index (χ3v) is 5.00. The molecule has 0 bridgehead atoms. The molecule has 0 radical (unpaired) electrons. The van der Waals surface area contributed by atoms with Crippen molar-refractivity contribution < 1.29 is 18.7 Å². The molecule has 2 N–H and O–H groups in total. The maximum absolute atomic E-state index is 14.4. The van der Waals surface area contributed by atoms with Crippen LogP contribution >= 0.6 is 0 Å². The highest BCUT2D eigenvalue weighted by molar-refractivity contribution is 5.97. The standard InChI is InChI=1S/C22H22FN5O3/c1-24-22(29)13-4-7-19-17(10-13)27-21(28(19)8-9-30-2)18-12-25-20(26-18)15-11-14(31-3)5-6-16(15)23/h4-7,10-12H,8-9H2,1-3H3,(H,24,29)(H,25,26). The van der Waals surface area contributed by atoms with Gasteiger partial charge in [-0.25, -0.2) is 14.4 Å². The third kappa shape index (κ3) is 3.87. The molecule has 160 valence electrons. The van der Waals surface area contributed by atoms with Crippen molar-refractivity contribution in [2.75, 3.05) is 27.9 Å². The Labute approximate surface area is 178 Å². The first kappa shape index (κ1) is 20.5. The monoisotopic (exact) mass is 423 g/mol. The fraction of sp³-hybridized carbons (Fsp3) is 0.227. The number of halogens is 1. The number of hydrogen-bond acceptors (Lipinski definition) is 5. The van der Waals surface area contributed by atoms with E-state index in [9.17, 15) is 9.18 Å². The Bertz CT molecular complexity index is 1250. The number of methoxy groups -OCH3 is 2. The molecule has 0 fully saturated rings. The summed E-state index contributed by atoms with van der Waals surface area (Å²) >= 11 is 0. The number of aromatic nitrogens is 4.